The molecule has 4 nitrogen and oxygen atoms in total. The molecule has 0 saturated carbocycles. The minimum Gasteiger partial charge on any atom is -0.393 e. The number of rotatable bonds is 5. The second-order valence-electron chi connectivity index (χ2n) is 6.12. The van der Waals surface area contributed by atoms with Crippen LogP contribution in [-0.2, 0) is 4.74 Å². The van der Waals surface area contributed by atoms with Gasteiger partial charge in [-0.3, -0.25) is 4.79 Å². The average Bonchev–Trinajstić information content (AvgIpc) is 2.61. The minimum atomic E-state index is -0.365. The van der Waals surface area contributed by atoms with E-state index in [2.05, 4.69) is 5.32 Å². The molecule has 2 aromatic carbocycles. The Morgan fingerprint density at radius 2 is 1.91 bits per heavy atom. The van der Waals surface area contributed by atoms with Gasteiger partial charge in [0, 0.05) is 25.3 Å². The van der Waals surface area contributed by atoms with Gasteiger partial charge in [0.1, 0.15) is 0 Å². The van der Waals surface area contributed by atoms with Crippen LogP contribution in [0.15, 0.2) is 42.5 Å². The van der Waals surface area contributed by atoms with Crippen LogP contribution < -0.4 is 5.32 Å². The van der Waals surface area contributed by atoms with Crippen molar-refractivity contribution in [2.75, 3.05) is 19.8 Å². The third kappa shape index (κ3) is 4.09. The van der Waals surface area contributed by atoms with Crippen LogP contribution in [0.2, 0.25) is 0 Å². The molecular formula is C19H23NO3. The Morgan fingerprint density at radius 3 is 2.70 bits per heavy atom. The van der Waals surface area contributed by atoms with Crippen molar-refractivity contribution < 1.29 is 14.6 Å². The van der Waals surface area contributed by atoms with E-state index in [9.17, 15) is 9.90 Å². The molecule has 1 amide bonds. The summed E-state index contributed by atoms with van der Waals surface area (Å²) in [6, 6.07) is 13.7. The third-order valence-corrected chi connectivity index (χ3v) is 4.55. The van der Waals surface area contributed by atoms with Crippen molar-refractivity contribution in [2.24, 2.45) is 5.92 Å². The molecule has 2 aromatic rings. The maximum atomic E-state index is 12.2. The number of fused-ring (bicyclic) bond motifs is 1. The Morgan fingerprint density at radius 1 is 1.17 bits per heavy atom. The van der Waals surface area contributed by atoms with Gasteiger partial charge in [0.05, 0.1) is 6.10 Å². The van der Waals surface area contributed by atoms with Gasteiger partial charge in [-0.2, -0.15) is 0 Å². The van der Waals surface area contributed by atoms with Crippen LogP contribution in [0, 0.1) is 5.92 Å². The molecule has 1 fully saturated rings. The molecule has 1 saturated heterocycles. The molecular weight excluding hydrogens is 290 g/mol. The van der Waals surface area contributed by atoms with E-state index >= 15 is 0 Å². The first-order valence-corrected chi connectivity index (χ1v) is 8.27. The van der Waals surface area contributed by atoms with E-state index in [1.807, 2.05) is 42.5 Å². The Balaban J connectivity index is 1.51. The SMILES string of the molecule is O=C(NCCC(O)C1CCOCC1)c1ccc2ccccc2c1. The van der Waals surface area contributed by atoms with Gasteiger partial charge in [0.2, 0.25) is 0 Å². The van der Waals surface area contributed by atoms with E-state index < -0.39 is 0 Å². The van der Waals surface area contributed by atoms with Gasteiger partial charge < -0.3 is 15.2 Å². The van der Waals surface area contributed by atoms with Crippen molar-refractivity contribution in [3.05, 3.63) is 48.0 Å². The van der Waals surface area contributed by atoms with Crippen LogP contribution in [0.3, 0.4) is 0 Å². The maximum absolute atomic E-state index is 12.2. The monoisotopic (exact) mass is 313 g/mol. The molecule has 0 aromatic heterocycles. The number of nitrogens with one attached hydrogen (secondary N) is 1. The summed E-state index contributed by atoms with van der Waals surface area (Å²) in [5.74, 6) is 0.205. The zero-order valence-corrected chi connectivity index (χ0v) is 13.2. The van der Waals surface area contributed by atoms with Crippen molar-refractivity contribution >= 4 is 16.7 Å². The molecule has 1 atom stereocenters. The first-order valence-electron chi connectivity index (χ1n) is 8.27. The number of aliphatic hydroxyl groups is 1. The van der Waals surface area contributed by atoms with E-state index in [1.165, 1.54) is 0 Å². The molecule has 4 heteroatoms. The molecule has 1 unspecified atom stereocenters. The van der Waals surface area contributed by atoms with E-state index in [0.29, 0.717) is 24.4 Å². The van der Waals surface area contributed by atoms with Crippen LogP contribution >= 0.6 is 0 Å². The Hall–Kier alpha value is -1.91. The lowest BCUT2D eigenvalue weighted by Gasteiger charge is -2.26. The number of hydrogen-bond donors (Lipinski definition) is 2. The highest BCUT2D eigenvalue weighted by molar-refractivity contribution is 5.98. The quantitative estimate of drug-likeness (QED) is 0.892. The van der Waals surface area contributed by atoms with Gasteiger partial charge in [-0.25, -0.2) is 0 Å². The Bertz CT molecular complexity index is 664. The zero-order chi connectivity index (χ0) is 16.1. The number of carbonyl (C=O) groups excluding carboxylic acids is 1. The topological polar surface area (TPSA) is 58.6 Å². The fourth-order valence-electron chi connectivity index (χ4n) is 3.10. The molecule has 2 N–H and O–H groups in total. The summed E-state index contributed by atoms with van der Waals surface area (Å²) >= 11 is 0. The summed E-state index contributed by atoms with van der Waals surface area (Å²) in [5, 5.41) is 15.3. The second kappa shape index (κ2) is 7.57. The fraction of sp³-hybridized carbons (Fsp3) is 0.421. The number of aliphatic hydroxyl groups excluding tert-OH is 1. The summed E-state index contributed by atoms with van der Waals surface area (Å²) < 4.78 is 5.30. The van der Waals surface area contributed by atoms with Gasteiger partial charge >= 0.3 is 0 Å². The van der Waals surface area contributed by atoms with Crippen LogP contribution in [0.1, 0.15) is 29.6 Å². The fourth-order valence-corrected chi connectivity index (χ4v) is 3.10. The van der Waals surface area contributed by atoms with Crippen LogP contribution in [0.25, 0.3) is 10.8 Å². The van der Waals surface area contributed by atoms with Gasteiger partial charge in [0.25, 0.3) is 5.91 Å². The van der Waals surface area contributed by atoms with Gasteiger partial charge in [0.15, 0.2) is 0 Å². The molecule has 1 aliphatic rings. The van der Waals surface area contributed by atoms with Crippen LogP contribution in [0.4, 0.5) is 0 Å². The summed E-state index contributed by atoms with van der Waals surface area (Å²) in [4.78, 5) is 12.2. The van der Waals surface area contributed by atoms with Crippen molar-refractivity contribution in [3.8, 4) is 0 Å². The van der Waals surface area contributed by atoms with Gasteiger partial charge in [-0.15, -0.1) is 0 Å². The van der Waals surface area contributed by atoms with E-state index in [0.717, 1.165) is 36.8 Å². The van der Waals surface area contributed by atoms with E-state index in [4.69, 9.17) is 4.74 Å². The van der Waals surface area contributed by atoms with E-state index in [1.54, 1.807) is 0 Å². The van der Waals surface area contributed by atoms with E-state index in [-0.39, 0.29) is 12.0 Å². The van der Waals surface area contributed by atoms with Gasteiger partial charge in [-0.1, -0.05) is 30.3 Å². The van der Waals surface area contributed by atoms with Crippen molar-refractivity contribution in [3.63, 3.8) is 0 Å². The summed E-state index contributed by atoms with van der Waals surface area (Å²) in [6.07, 6.45) is 2.03. The molecule has 23 heavy (non-hydrogen) atoms. The zero-order valence-electron chi connectivity index (χ0n) is 13.2. The van der Waals surface area contributed by atoms with Crippen molar-refractivity contribution in [1.82, 2.24) is 5.32 Å². The molecule has 0 aliphatic carbocycles. The predicted octanol–water partition coefficient (Wildman–Crippen LogP) is 2.75. The second-order valence-corrected chi connectivity index (χ2v) is 6.12. The lowest BCUT2D eigenvalue weighted by Crippen LogP contribution is -2.32. The summed E-state index contributed by atoms with van der Waals surface area (Å²) in [5.41, 5.74) is 0.657. The summed E-state index contributed by atoms with van der Waals surface area (Å²) in [7, 11) is 0. The molecule has 0 bridgehead atoms. The normalized spacial score (nSPS) is 17.1. The largest absolute Gasteiger partial charge is 0.393 e. The Labute approximate surface area is 136 Å². The van der Waals surface area contributed by atoms with Crippen LogP contribution in [-0.4, -0.2) is 36.9 Å². The molecule has 122 valence electrons. The highest BCUT2D eigenvalue weighted by Crippen LogP contribution is 2.20. The molecule has 0 spiro atoms. The van der Waals surface area contributed by atoms with Crippen LogP contribution in [0.5, 0.6) is 0 Å². The molecule has 1 heterocycles. The smallest absolute Gasteiger partial charge is 0.251 e. The van der Waals surface area contributed by atoms with Crippen molar-refractivity contribution in [1.29, 1.82) is 0 Å². The molecule has 1 aliphatic heterocycles. The molecule has 0 radical (unpaired) electrons. The predicted molar refractivity (Wildman–Crippen MR) is 90.4 cm³/mol. The minimum absolute atomic E-state index is 0.0880. The third-order valence-electron chi connectivity index (χ3n) is 4.55. The standard InChI is InChI=1S/C19H23NO3/c21-18(15-8-11-23-12-9-15)7-10-20-19(22)17-6-5-14-3-1-2-4-16(14)13-17/h1-6,13,15,18,21H,7-12H2,(H,20,22). The number of carbonyl (C=O) groups is 1. The van der Waals surface area contributed by atoms with Crippen molar-refractivity contribution in [2.45, 2.75) is 25.4 Å². The first-order chi connectivity index (χ1) is 11.2. The maximum Gasteiger partial charge on any atom is 0.251 e. The Kier molecular flexibility index (Phi) is 5.26. The highest BCUT2D eigenvalue weighted by atomic mass is 16.5. The first kappa shape index (κ1) is 16.0. The lowest BCUT2D eigenvalue weighted by atomic mass is 9.92. The number of ether oxygens (including phenoxy) is 1. The summed E-state index contributed by atoms with van der Waals surface area (Å²) in [6.45, 7) is 1.94. The lowest BCUT2D eigenvalue weighted by molar-refractivity contribution is 0.00528. The van der Waals surface area contributed by atoms with Gasteiger partial charge in [-0.05, 0) is 48.1 Å². The number of hydrogen-bond acceptors (Lipinski definition) is 3. The number of benzene rings is 2. The highest BCUT2D eigenvalue weighted by Gasteiger charge is 2.21. The molecule has 3 rings (SSSR count). The number of amides is 1. The average molecular weight is 313 g/mol.